The van der Waals surface area contributed by atoms with Gasteiger partial charge in [-0.1, -0.05) is 24.5 Å². The lowest BCUT2D eigenvalue weighted by molar-refractivity contribution is -0.110. The highest BCUT2D eigenvalue weighted by Gasteiger charge is 2.61. The van der Waals surface area contributed by atoms with E-state index in [9.17, 15) is 9.90 Å². The fraction of sp³-hybridized carbons (Fsp3) is 0.650. The predicted octanol–water partition coefficient (Wildman–Crippen LogP) is 3.27. The van der Waals surface area contributed by atoms with Crippen molar-refractivity contribution in [2.24, 2.45) is 29.1 Å². The Morgan fingerprint density at radius 1 is 1.27 bits per heavy atom. The van der Waals surface area contributed by atoms with E-state index in [2.05, 4.69) is 18.9 Å². The standard InChI is InChI=1S/C20H24O2/c1-3-20(22)11-9-18-17-6-4-13-12-14(21)5-7-15(13)16(17)8-10-19(18,20)2/h1,5,7,12,15-18,22H,4,6,8-11H2,2H3/t15-,16+,17+,18-,19-,20-/m0/s1. The Morgan fingerprint density at radius 2 is 2.09 bits per heavy atom. The van der Waals surface area contributed by atoms with E-state index >= 15 is 0 Å². The minimum atomic E-state index is -0.920. The zero-order valence-electron chi connectivity index (χ0n) is 13.2. The lowest BCUT2D eigenvalue weighted by Crippen LogP contribution is -2.51. The third kappa shape index (κ3) is 1.69. The first kappa shape index (κ1) is 14.3. The number of rotatable bonds is 0. The van der Waals surface area contributed by atoms with Crippen LogP contribution in [0.4, 0.5) is 0 Å². The summed E-state index contributed by atoms with van der Waals surface area (Å²) in [5, 5.41) is 10.9. The van der Waals surface area contributed by atoms with Crippen molar-refractivity contribution in [3.8, 4) is 12.3 Å². The van der Waals surface area contributed by atoms with Gasteiger partial charge in [0, 0.05) is 11.3 Å². The molecular formula is C20H24O2. The van der Waals surface area contributed by atoms with Gasteiger partial charge in [-0.25, -0.2) is 0 Å². The Morgan fingerprint density at radius 3 is 2.86 bits per heavy atom. The van der Waals surface area contributed by atoms with Crippen LogP contribution in [0.25, 0.3) is 0 Å². The van der Waals surface area contributed by atoms with Crippen molar-refractivity contribution < 1.29 is 9.90 Å². The highest BCUT2D eigenvalue weighted by atomic mass is 16.3. The molecule has 6 atom stereocenters. The van der Waals surface area contributed by atoms with Gasteiger partial charge in [-0.2, -0.15) is 0 Å². The average molecular weight is 296 g/mol. The summed E-state index contributed by atoms with van der Waals surface area (Å²) in [5.41, 5.74) is 0.290. The number of carbonyl (C=O) groups excluding carboxylic acids is 1. The van der Waals surface area contributed by atoms with E-state index in [0.717, 1.165) is 38.5 Å². The Labute approximate surface area is 132 Å². The zero-order chi connectivity index (χ0) is 15.5. The zero-order valence-corrected chi connectivity index (χ0v) is 13.2. The van der Waals surface area contributed by atoms with Crippen LogP contribution in [0, 0.1) is 41.4 Å². The van der Waals surface area contributed by atoms with Crippen LogP contribution in [0.1, 0.15) is 45.4 Å². The third-order valence-corrected chi connectivity index (χ3v) is 7.33. The van der Waals surface area contributed by atoms with Gasteiger partial charge in [0.2, 0.25) is 0 Å². The molecule has 2 heteroatoms. The number of terminal acetylenes is 1. The Hall–Kier alpha value is -1.33. The second-order valence-electron chi connectivity index (χ2n) is 7.98. The first-order valence-electron chi connectivity index (χ1n) is 8.61. The highest BCUT2D eigenvalue weighted by molar-refractivity contribution is 6.00. The van der Waals surface area contributed by atoms with Crippen molar-refractivity contribution in [1.29, 1.82) is 0 Å². The van der Waals surface area contributed by atoms with E-state index < -0.39 is 5.60 Å². The van der Waals surface area contributed by atoms with Crippen molar-refractivity contribution >= 4 is 5.78 Å². The van der Waals surface area contributed by atoms with Gasteiger partial charge in [-0.05, 0) is 68.4 Å². The Balaban J connectivity index is 1.67. The second kappa shape index (κ2) is 4.59. The predicted molar refractivity (Wildman–Crippen MR) is 85.8 cm³/mol. The summed E-state index contributed by atoms with van der Waals surface area (Å²) in [6.07, 6.45) is 17.5. The Bertz CT molecular complexity index is 622. The van der Waals surface area contributed by atoms with Gasteiger partial charge in [-0.3, -0.25) is 4.79 Å². The summed E-state index contributed by atoms with van der Waals surface area (Å²) < 4.78 is 0. The molecule has 4 aliphatic rings. The molecule has 2 nitrogen and oxygen atoms in total. The van der Waals surface area contributed by atoms with Gasteiger partial charge >= 0.3 is 0 Å². The fourth-order valence-electron chi connectivity index (χ4n) is 6.07. The number of ketones is 1. The summed E-state index contributed by atoms with van der Waals surface area (Å²) in [4.78, 5) is 11.6. The van der Waals surface area contributed by atoms with Crippen LogP contribution in [0.2, 0.25) is 0 Å². The van der Waals surface area contributed by atoms with Crippen LogP contribution in [0.5, 0.6) is 0 Å². The number of hydrogen-bond donors (Lipinski definition) is 1. The maximum Gasteiger partial charge on any atom is 0.178 e. The average Bonchev–Trinajstić information content (AvgIpc) is 2.79. The lowest BCUT2D eigenvalue weighted by atomic mass is 9.51. The molecule has 3 fully saturated rings. The van der Waals surface area contributed by atoms with Gasteiger partial charge < -0.3 is 5.11 Å². The van der Waals surface area contributed by atoms with E-state index in [1.807, 2.05) is 6.08 Å². The summed E-state index contributed by atoms with van der Waals surface area (Å²) in [6.45, 7) is 2.21. The first-order valence-corrected chi connectivity index (χ1v) is 8.61. The van der Waals surface area contributed by atoms with Crippen molar-refractivity contribution in [3.05, 3.63) is 23.8 Å². The minimum Gasteiger partial charge on any atom is -0.377 e. The van der Waals surface area contributed by atoms with E-state index in [0.29, 0.717) is 23.7 Å². The summed E-state index contributed by atoms with van der Waals surface area (Å²) in [7, 11) is 0. The van der Waals surface area contributed by atoms with E-state index in [1.54, 1.807) is 6.08 Å². The number of fused-ring (bicyclic) bond motifs is 5. The number of carbonyl (C=O) groups is 1. The molecule has 0 aromatic carbocycles. The van der Waals surface area contributed by atoms with Crippen LogP contribution in [-0.2, 0) is 4.79 Å². The molecule has 0 bridgehead atoms. The summed E-state index contributed by atoms with van der Waals surface area (Å²) in [6, 6.07) is 0. The SMILES string of the molecule is C#C[C@]1(O)CC[C@H]2[C@@H]3CCC4=CC(=O)C=C[C@@H]4[C@H]3CC[C@@]21C. The molecule has 0 radical (unpaired) electrons. The lowest BCUT2D eigenvalue weighted by Gasteiger charge is -2.54. The van der Waals surface area contributed by atoms with Crippen LogP contribution in [-0.4, -0.2) is 16.5 Å². The third-order valence-electron chi connectivity index (χ3n) is 7.33. The molecular weight excluding hydrogens is 272 g/mol. The smallest absolute Gasteiger partial charge is 0.178 e. The number of aliphatic hydroxyl groups is 1. The van der Waals surface area contributed by atoms with Gasteiger partial charge in [0.25, 0.3) is 0 Å². The maximum absolute atomic E-state index is 11.6. The molecule has 0 spiro atoms. The van der Waals surface area contributed by atoms with Crippen LogP contribution < -0.4 is 0 Å². The molecule has 0 amide bonds. The molecule has 0 saturated heterocycles. The van der Waals surface area contributed by atoms with E-state index in [1.165, 1.54) is 5.57 Å². The summed E-state index contributed by atoms with van der Waals surface area (Å²) in [5.74, 6) is 5.11. The molecule has 116 valence electrons. The largest absolute Gasteiger partial charge is 0.377 e. The van der Waals surface area contributed by atoms with Gasteiger partial charge in [0.1, 0.15) is 5.60 Å². The van der Waals surface area contributed by atoms with Gasteiger partial charge in [0.15, 0.2) is 5.78 Å². The molecule has 4 rings (SSSR count). The molecule has 0 aromatic rings. The minimum absolute atomic E-state index is 0.127. The Kier molecular flexibility index (Phi) is 2.97. The summed E-state index contributed by atoms with van der Waals surface area (Å²) >= 11 is 0. The van der Waals surface area contributed by atoms with Gasteiger partial charge in [0.05, 0.1) is 0 Å². The molecule has 3 saturated carbocycles. The van der Waals surface area contributed by atoms with Crippen LogP contribution >= 0.6 is 0 Å². The number of hydrogen-bond acceptors (Lipinski definition) is 2. The van der Waals surface area contributed by atoms with Crippen molar-refractivity contribution in [2.45, 2.75) is 51.0 Å². The molecule has 22 heavy (non-hydrogen) atoms. The van der Waals surface area contributed by atoms with Crippen LogP contribution in [0.3, 0.4) is 0 Å². The topological polar surface area (TPSA) is 37.3 Å². The van der Waals surface area contributed by atoms with E-state index in [4.69, 9.17) is 6.42 Å². The maximum atomic E-state index is 11.6. The molecule has 0 aliphatic heterocycles. The molecule has 1 N–H and O–H groups in total. The quantitative estimate of drug-likeness (QED) is 0.697. The molecule has 0 heterocycles. The molecule has 0 aromatic heterocycles. The van der Waals surface area contributed by atoms with Crippen molar-refractivity contribution in [3.63, 3.8) is 0 Å². The molecule has 4 aliphatic carbocycles. The van der Waals surface area contributed by atoms with E-state index in [-0.39, 0.29) is 11.2 Å². The van der Waals surface area contributed by atoms with Crippen molar-refractivity contribution in [2.75, 3.05) is 0 Å². The van der Waals surface area contributed by atoms with Gasteiger partial charge in [-0.15, -0.1) is 6.42 Å². The monoisotopic (exact) mass is 296 g/mol. The highest BCUT2D eigenvalue weighted by Crippen LogP contribution is 2.64. The molecule has 0 unspecified atom stereocenters. The number of allylic oxidation sites excluding steroid dienone is 4. The normalized spacial score (nSPS) is 49.7. The van der Waals surface area contributed by atoms with Crippen molar-refractivity contribution in [1.82, 2.24) is 0 Å². The fourth-order valence-corrected chi connectivity index (χ4v) is 6.07. The second-order valence-corrected chi connectivity index (χ2v) is 7.98. The first-order chi connectivity index (χ1) is 10.5. The van der Waals surface area contributed by atoms with Crippen LogP contribution in [0.15, 0.2) is 23.8 Å².